The van der Waals surface area contributed by atoms with Crippen molar-refractivity contribution in [2.75, 3.05) is 12.4 Å². The van der Waals surface area contributed by atoms with Crippen LogP contribution in [-0.4, -0.2) is 24.0 Å². The molecule has 7 heteroatoms. The molecule has 0 saturated heterocycles. The second kappa shape index (κ2) is 7.45. The van der Waals surface area contributed by atoms with E-state index in [-0.39, 0.29) is 17.3 Å². The molecule has 2 aromatic rings. The SMILES string of the molecule is COc1cc([N+](=O)[O-])ccc1NC(=O)[C@H](C)Oc1cccc(C)c1. The van der Waals surface area contributed by atoms with Crippen molar-refractivity contribution in [3.8, 4) is 11.5 Å². The number of carbonyl (C=O) groups is 1. The van der Waals surface area contributed by atoms with Crippen LogP contribution in [0, 0.1) is 17.0 Å². The largest absolute Gasteiger partial charge is 0.494 e. The summed E-state index contributed by atoms with van der Waals surface area (Å²) in [6.45, 7) is 3.55. The zero-order valence-electron chi connectivity index (χ0n) is 13.6. The number of methoxy groups -OCH3 is 1. The molecule has 0 unspecified atom stereocenters. The van der Waals surface area contributed by atoms with Gasteiger partial charge in [0, 0.05) is 6.07 Å². The molecule has 0 spiro atoms. The number of hydrogen-bond acceptors (Lipinski definition) is 5. The summed E-state index contributed by atoms with van der Waals surface area (Å²) in [4.78, 5) is 22.5. The number of anilines is 1. The number of nitro groups is 1. The molecule has 0 aromatic heterocycles. The third-order valence-electron chi connectivity index (χ3n) is 3.33. The van der Waals surface area contributed by atoms with E-state index in [0.717, 1.165) is 5.56 Å². The monoisotopic (exact) mass is 330 g/mol. The summed E-state index contributed by atoms with van der Waals surface area (Å²) in [5, 5.41) is 13.4. The van der Waals surface area contributed by atoms with Crippen LogP contribution in [0.2, 0.25) is 0 Å². The molecule has 1 N–H and O–H groups in total. The predicted octanol–water partition coefficient (Wildman–Crippen LogP) is 3.32. The van der Waals surface area contributed by atoms with Crippen LogP contribution < -0.4 is 14.8 Å². The van der Waals surface area contributed by atoms with Gasteiger partial charge in [-0.05, 0) is 37.6 Å². The molecule has 0 aliphatic heterocycles. The fourth-order valence-corrected chi connectivity index (χ4v) is 2.08. The van der Waals surface area contributed by atoms with Crippen LogP contribution in [0.5, 0.6) is 11.5 Å². The first kappa shape index (κ1) is 17.3. The second-order valence-electron chi connectivity index (χ2n) is 5.21. The Kier molecular flexibility index (Phi) is 5.36. The number of hydrogen-bond donors (Lipinski definition) is 1. The summed E-state index contributed by atoms with van der Waals surface area (Å²) >= 11 is 0. The van der Waals surface area contributed by atoms with Gasteiger partial charge in [-0.3, -0.25) is 14.9 Å². The van der Waals surface area contributed by atoms with E-state index in [1.165, 1.54) is 25.3 Å². The van der Waals surface area contributed by atoms with E-state index in [4.69, 9.17) is 9.47 Å². The summed E-state index contributed by atoms with van der Waals surface area (Å²) in [6, 6.07) is 11.3. The van der Waals surface area contributed by atoms with Crippen molar-refractivity contribution in [3.63, 3.8) is 0 Å². The lowest BCUT2D eigenvalue weighted by Gasteiger charge is -2.16. The maximum atomic E-state index is 12.3. The number of carbonyl (C=O) groups excluding carboxylic acids is 1. The van der Waals surface area contributed by atoms with Gasteiger partial charge in [-0.25, -0.2) is 0 Å². The van der Waals surface area contributed by atoms with Crippen molar-refractivity contribution in [1.29, 1.82) is 0 Å². The summed E-state index contributed by atoms with van der Waals surface area (Å²) in [7, 11) is 1.38. The maximum absolute atomic E-state index is 12.3. The third kappa shape index (κ3) is 4.22. The number of nitro benzene ring substituents is 1. The Bertz CT molecular complexity index is 760. The van der Waals surface area contributed by atoms with Gasteiger partial charge >= 0.3 is 0 Å². The molecule has 2 rings (SSSR count). The topological polar surface area (TPSA) is 90.7 Å². The fraction of sp³-hybridized carbons (Fsp3) is 0.235. The Morgan fingerprint density at radius 1 is 1.25 bits per heavy atom. The highest BCUT2D eigenvalue weighted by Gasteiger charge is 2.18. The third-order valence-corrected chi connectivity index (χ3v) is 3.33. The molecule has 24 heavy (non-hydrogen) atoms. The van der Waals surface area contributed by atoms with Crippen molar-refractivity contribution >= 4 is 17.3 Å². The van der Waals surface area contributed by atoms with E-state index in [0.29, 0.717) is 11.4 Å². The smallest absolute Gasteiger partial charge is 0.273 e. The lowest BCUT2D eigenvalue weighted by Crippen LogP contribution is -2.30. The molecular weight excluding hydrogens is 312 g/mol. The Balaban J connectivity index is 2.09. The minimum atomic E-state index is -0.744. The van der Waals surface area contributed by atoms with Crippen LogP contribution in [0.4, 0.5) is 11.4 Å². The Hall–Kier alpha value is -3.09. The molecule has 126 valence electrons. The summed E-state index contributed by atoms with van der Waals surface area (Å²) < 4.78 is 10.7. The van der Waals surface area contributed by atoms with Gasteiger partial charge in [0.1, 0.15) is 11.5 Å². The first-order valence-corrected chi connectivity index (χ1v) is 7.27. The van der Waals surface area contributed by atoms with Gasteiger partial charge in [0.2, 0.25) is 0 Å². The van der Waals surface area contributed by atoms with Crippen LogP contribution in [0.25, 0.3) is 0 Å². The molecule has 0 heterocycles. The van der Waals surface area contributed by atoms with Gasteiger partial charge in [-0.2, -0.15) is 0 Å². The predicted molar refractivity (Wildman–Crippen MR) is 89.5 cm³/mol. The molecular formula is C17H18N2O5. The van der Waals surface area contributed by atoms with Gasteiger partial charge in [0.05, 0.1) is 23.8 Å². The first-order valence-electron chi connectivity index (χ1n) is 7.27. The Morgan fingerprint density at radius 3 is 2.62 bits per heavy atom. The highest BCUT2D eigenvalue weighted by molar-refractivity contribution is 5.95. The average Bonchev–Trinajstić information content (AvgIpc) is 2.54. The minimum absolute atomic E-state index is 0.117. The number of ether oxygens (including phenoxy) is 2. The number of non-ortho nitro benzene ring substituents is 1. The normalized spacial score (nSPS) is 11.5. The van der Waals surface area contributed by atoms with Gasteiger partial charge < -0.3 is 14.8 Å². The molecule has 0 fully saturated rings. The van der Waals surface area contributed by atoms with Crippen molar-refractivity contribution < 1.29 is 19.2 Å². The number of rotatable bonds is 6. The first-order chi connectivity index (χ1) is 11.4. The lowest BCUT2D eigenvalue weighted by molar-refractivity contribution is -0.384. The zero-order chi connectivity index (χ0) is 17.7. The highest BCUT2D eigenvalue weighted by Crippen LogP contribution is 2.29. The number of nitrogens with one attached hydrogen (secondary N) is 1. The Labute approximate surface area is 139 Å². The van der Waals surface area contributed by atoms with Crippen LogP contribution in [0.15, 0.2) is 42.5 Å². The van der Waals surface area contributed by atoms with Crippen LogP contribution in [0.1, 0.15) is 12.5 Å². The van der Waals surface area contributed by atoms with Gasteiger partial charge in [0.15, 0.2) is 6.10 Å². The molecule has 7 nitrogen and oxygen atoms in total. The van der Waals surface area contributed by atoms with E-state index < -0.39 is 11.0 Å². The molecule has 0 aliphatic carbocycles. The molecule has 0 aliphatic rings. The van der Waals surface area contributed by atoms with Crippen LogP contribution >= 0.6 is 0 Å². The van der Waals surface area contributed by atoms with E-state index >= 15 is 0 Å². The lowest BCUT2D eigenvalue weighted by atomic mass is 10.2. The average molecular weight is 330 g/mol. The molecule has 0 bridgehead atoms. The van der Waals surface area contributed by atoms with Crippen LogP contribution in [-0.2, 0) is 4.79 Å². The fourth-order valence-electron chi connectivity index (χ4n) is 2.08. The standard InChI is InChI=1S/C17H18N2O5/c1-11-5-4-6-14(9-11)24-12(2)17(20)18-15-8-7-13(19(21)22)10-16(15)23-3/h4-10,12H,1-3H3,(H,18,20)/t12-/m0/s1. The molecule has 1 amide bonds. The van der Waals surface area contributed by atoms with Crippen molar-refractivity contribution in [2.24, 2.45) is 0 Å². The summed E-state index contributed by atoms with van der Waals surface area (Å²) in [5.74, 6) is 0.414. The quantitative estimate of drug-likeness (QED) is 0.648. The van der Waals surface area contributed by atoms with E-state index in [9.17, 15) is 14.9 Å². The molecule has 2 aromatic carbocycles. The summed E-state index contributed by atoms with van der Waals surface area (Å²) in [5.41, 5.74) is 1.25. The maximum Gasteiger partial charge on any atom is 0.273 e. The van der Waals surface area contributed by atoms with Gasteiger partial charge in [-0.1, -0.05) is 12.1 Å². The number of nitrogens with zero attached hydrogens (tertiary/aromatic N) is 1. The van der Waals surface area contributed by atoms with Crippen molar-refractivity contribution in [1.82, 2.24) is 0 Å². The highest BCUT2D eigenvalue weighted by atomic mass is 16.6. The van der Waals surface area contributed by atoms with Gasteiger partial charge in [0.25, 0.3) is 11.6 Å². The second-order valence-corrected chi connectivity index (χ2v) is 5.21. The Morgan fingerprint density at radius 2 is 2.00 bits per heavy atom. The summed E-state index contributed by atoms with van der Waals surface area (Å²) in [6.07, 6.45) is -0.744. The number of aryl methyl sites for hydroxylation is 1. The molecule has 0 radical (unpaired) electrons. The van der Waals surface area contributed by atoms with E-state index in [1.54, 1.807) is 13.0 Å². The van der Waals surface area contributed by atoms with E-state index in [2.05, 4.69) is 5.32 Å². The molecule has 0 saturated carbocycles. The van der Waals surface area contributed by atoms with Gasteiger partial charge in [-0.15, -0.1) is 0 Å². The van der Waals surface area contributed by atoms with Crippen LogP contribution in [0.3, 0.4) is 0 Å². The van der Waals surface area contributed by atoms with Crippen molar-refractivity contribution in [2.45, 2.75) is 20.0 Å². The zero-order valence-corrected chi connectivity index (χ0v) is 13.6. The molecule has 1 atom stereocenters. The van der Waals surface area contributed by atoms with Crippen molar-refractivity contribution in [3.05, 3.63) is 58.1 Å². The minimum Gasteiger partial charge on any atom is -0.494 e. The number of benzene rings is 2. The van der Waals surface area contributed by atoms with E-state index in [1.807, 2.05) is 25.1 Å². The number of amides is 1.